The summed E-state index contributed by atoms with van der Waals surface area (Å²) in [5.41, 5.74) is 1.41. The van der Waals surface area contributed by atoms with Crippen molar-refractivity contribution in [3.8, 4) is 0 Å². The average molecular weight is 329 g/mol. The topological polar surface area (TPSA) is 26.8 Å². The molecule has 2 saturated heterocycles. The molecule has 2 fully saturated rings. The van der Waals surface area contributed by atoms with E-state index in [1.807, 2.05) is 4.90 Å². The van der Waals surface area contributed by atoms with Gasteiger partial charge in [-0.25, -0.2) is 0 Å². The number of hydrogen-bond donors (Lipinski definition) is 0. The summed E-state index contributed by atoms with van der Waals surface area (Å²) in [5, 5.41) is 0. The number of amides is 1. The molecule has 0 unspecified atom stereocenters. The van der Waals surface area contributed by atoms with Gasteiger partial charge in [0.1, 0.15) is 0 Å². The van der Waals surface area contributed by atoms with Crippen LogP contribution in [0.25, 0.3) is 0 Å². The molecule has 4 heteroatoms. The summed E-state index contributed by atoms with van der Waals surface area (Å²) in [6, 6.07) is 11.9. The van der Waals surface area contributed by atoms with Crippen molar-refractivity contribution in [3.05, 3.63) is 35.9 Å². The van der Waals surface area contributed by atoms with Crippen molar-refractivity contribution < 1.29 is 4.79 Å². The van der Waals surface area contributed by atoms with Crippen LogP contribution in [0.5, 0.6) is 0 Å². The molecular formula is C20H31N3O. The van der Waals surface area contributed by atoms with E-state index in [1.54, 1.807) is 6.92 Å². The Balaban J connectivity index is 1.62. The van der Waals surface area contributed by atoms with Crippen LogP contribution in [0, 0.1) is 5.92 Å². The minimum atomic E-state index is 0.218. The molecule has 1 aromatic rings. The number of carbonyl (C=O) groups is 1. The molecule has 0 aromatic heterocycles. The van der Waals surface area contributed by atoms with E-state index in [0.29, 0.717) is 18.0 Å². The first kappa shape index (κ1) is 17.4. The quantitative estimate of drug-likeness (QED) is 0.853. The van der Waals surface area contributed by atoms with Crippen molar-refractivity contribution in [2.45, 2.75) is 39.3 Å². The predicted octanol–water partition coefficient (Wildman–Crippen LogP) is 2.62. The van der Waals surface area contributed by atoms with Gasteiger partial charge in [0.2, 0.25) is 5.91 Å². The first-order chi connectivity index (χ1) is 11.6. The van der Waals surface area contributed by atoms with Gasteiger partial charge in [-0.2, -0.15) is 0 Å². The van der Waals surface area contributed by atoms with E-state index in [-0.39, 0.29) is 5.91 Å². The first-order valence-electron chi connectivity index (χ1n) is 9.35. The van der Waals surface area contributed by atoms with Crippen molar-refractivity contribution >= 4 is 5.91 Å². The Labute approximate surface area is 146 Å². The summed E-state index contributed by atoms with van der Waals surface area (Å²) in [6.07, 6.45) is 1.09. The van der Waals surface area contributed by atoms with Gasteiger partial charge in [-0.3, -0.25) is 14.6 Å². The maximum absolute atomic E-state index is 11.6. The molecule has 0 saturated carbocycles. The van der Waals surface area contributed by atoms with Gasteiger partial charge in [-0.05, 0) is 24.8 Å². The van der Waals surface area contributed by atoms with Crippen LogP contribution in [0.1, 0.15) is 38.8 Å². The molecule has 0 aliphatic carbocycles. The van der Waals surface area contributed by atoms with Gasteiger partial charge in [0.25, 0.3) is 0 Å². The number of likely N-dealkylation sites (tertiary alicyclic amines) is 1. The number of hydrogen-bond acceptors (Lipinski definition) is 3. The number of carbonyl (C=O) groups excluding carboxylic acids is 1. The van der Waals surface area contributed by atoms with E-state index in [1.165, 1.54) is 5.56 Å². The smallest absolute Gasteiger partial charge is 0.219 e. The Morgan fingerprint density at radius 1 is 1.08 bits per heavy atom. The molecule has 3 atom stereocenters. The Kier molecular flexibility index (Phi) is 5.57. The van der Waals surface area contributed by atoms with Crippen LogP contribution >= 0.6 is 0 Å². The number of benzene rings is 1. The lowest BCUT2D eigenvalue weighted by atomic mass is 10.0. The van der Waals surface area contributed by atoms with Crippen LogP contribution < -0.4 is 0 Å². The highest BCUT2D eigenvalue weighted by molar-refractivity contribution is 5.73. The van der Waals surface area contributed by atoms with Crippen molar-refractivity contribution in [1.82, 2.24) is 14.7 Å². The van der Waals surface area contributed by atoms with Gasteiger partial charge in [0, 0.05) is 58.3 Å². The van der Waals surface area contributed by atoms with Crippen LogP contribution in [0.2, 0.25) is 0 Å². The van der Waals surface area contributed by atoms with Gasteiger partial charge in [-0.15, -0.1) is 0 Å². The molecule has 2 aliphatic heterocycles. The van der Waals surface area contributed by atoms with Crippen LogP contribution in [0.15, 0.2) is 30.3 Å². The molecule has 1 amide bonds. The third kappa shape index (κ3) is 3.81. The van der Waals surface area contributed by atoms with Gasteiger partial charge in [0.15, 0.2) is 0 Å². The molecule has 3 rings (SSSR count). The Bertz CT molecular complexity index is 547. The summed E-state index contributed by atoms with van der Waals surface area (Å²) >= 11 is 0. The zero-order chi connectivity index (χ0) is 17.1. The molecule has 2 heterocycles. The summed E-state index contributed by atoms with van der Waals surface area (Å²) in [7, 11) is 0. The van der Waals surface area contributed by atoms with Gasteiger partial charge < -0.3 is 4.90 Å². The van der Waals surface area contributed by atoms with E-state index in [9.17, 15) is 4.79 Å². The number of rotatable bonds is 3. The third-order valence-corrected chi connectivity index (χ3v) is 5.88. The average Bonchev–Trinajstić information content (AvgIpc) is 2.82. The summed E-state index contributed by atoms with van der Waals surface area (Å²) in [6.45, 7) is 12.6. The summed E-state index contributed by atoms with van der Waals surface area (Å²) in [4.78, 5) is 18.9. The fourth-order valence-corrected chi connectivity index (χ4v) is 4.30. The minimum absolute atomic E-state index is 0.218. The van der Waals surface area contributed by atoms with Crippen LogP contribution in [0.3, 0.4) is 0 Å². The highest BCUT2D eigenvalue weighted by atomic mass is 16.2. The van der Waals surface area contributed by atoms with Crippen molar-refractivity contribution in [2.75, 3.05) is 39.3 Å². The lowest BCUT2D eigenvalue weighted by Gasteiger charge is -2.31. The Morgan fingerprint density at radius 3 is 2.54 bits per heavy atom. The predicted molar refractivity (Wildman–Crippen MR) is 97.8 cm³/mol. The standard InChI is InChI=1S/C20H31N3O/c1-16-14-23(17(2)19-8-5-4-6-9-19)15-20(16)22-11-7-10-21(12-13-22)18(3)24/h4-6,8-9,16-17,20H,7,10-15H2,1-3H3/t16-,17-,20+/m0/s1. The lowest BCUT2D eigenvalue weighted by Crippen LogP contribution is -2.43. The molecular weight excluding hydrogens is 298 g/mol. The van der Waals surface area contributed by atoms with Crippen LogP contribution in [-0.4, -0.2) is 65.9 Å². The van der Waals surface area contributed by atoms with Crippen molar-refractivity contribution in [3.63, 3.8) is 0 Å². The number of nitrogens with zero attached hydrogens (tertiary/aromatic N) is 3. The maximum Gasteiger partial charge on any atom is 0.219 e. The molecule has 0 radical (unpaired) electrons. The second-order valence-corrected chi connectivity index (χ2v) is 7.48. The zero-order valence-corrected chi connectivity index (χ0v) is 15.3. The van der Waals surface area contributed by atoms with E-state index < -0.39 is 0 Å². The van der Waals surface area contributed by atoms with Crippen LogP contribution in [-0.2, 0) is 4.79 Å². The monoisotopic (exact) mass is 329 g/mol. The second-order valence-electron chi connectivity index (χ2n) is 7.48. The molecule has 0 bridgehead atoms. The molecule has 2 aliphatic rings. The third-order valence-electron chi connectivity index (χ3n) is 5.88. The molecule has 4 nitrogen and oxygen atoms in total. The zero-order valence-electron chi connectivity index (χ0n) is 15.3. The minimum Gasteiger partial charge on any atom is -0.342 e. The SMILES string of the molecule is CC(=O)N1CCCN([C@@H]2CN([C@@H](C)c3ccccc3)C[C@@H]2C)CC1. The maximum atomic E-state index is 11.6. The van der Waals surface area contributed by atoms with E-state index in [2.05, 4.69) is 54.0 Å². The fraction of sp³-hybridized carbons (Fsp3) is 0.650. The largest absolute Gasteiger partial charge is 0.342 e. The van der Waals surface area contributed by atoms with Crippen LogP contribution in [0.4, 0.5) is 0 Å². The highest BCUT2D eigenvalue weighted by Gasteiger charge is 2.36. The lowest BCUT2D eigenvalue weighted by molar-refractivity contribution is -0.128. The molecule has 0 spiro atoms. The van der Waals surface area contributed by atoms with Gasteiger partial charge in [-0.1, -0.05) is 37.3 Å². The Hall–Kier alpha value is -1.39. The molecule has 24 heavy (non-hydrogen) atoms. The van der Waals surface area contributed by atoms with E-state index in [0.717, 1.165) is 45.7 Å². The fourth-order valence-electron chi connectivity index (χ4n) is 4.30. The van der Waals surface area contributed by atoms with Crippen molar-refractivity contribution in [2.24, 2.45) is 5.92 Å². The Morgan fingerprint density at radius 2 is 1.83 bits per heavy atom. The molecule has 1 aromatic carbocycles. The highest BCUT2D eigenvalue weighted by Crippen LogP contribution is 2.30. The van der Waals surface area contributed by atoms with E-state index in [4.69, 9.17) is 0 Å². The van der Waals surface area contributed by atoms with Gasteiger partial charge >= 0.3 is 0 Å². The molecule has 0 N–H and O–H groups in total. The summed E-state index contributed by atoms with van der Waals surface area (Å²) in [5.74, 6) is 0.899. The van der Waals surface area contributed by atoms with Gasteiger partial charge in [0.05, 0.1) is 0 Å². The molecule has 132 valence electrons. The first-order valence-corrected chi connectivity index (χ1v) is 9.35. The normalized spacial score (nSPS) is 27.9. The second kappa shape index (κ2) is 7.66. The van der Waals surface area contributed by atoms with E-state index >= 15 is 0 Å². The van der Waals surface area contributed by atoms with Crippen molar-refractivity contribution in [1.29, 1.82) is 0 Å². The summed E-state index contributed by atoms with van der Waals surface area (Å²) < 4.78 is 0.